The molecule has 8 heteroatoms. The lowest BCUT2D eigenvalue weighted by Crippen LogP contribution is -2.32. The van der Waals surface area contributed by atoms with Crippen molar-refractivity contribution in [2.75, 3.05) is 0 Å². The molecular weight excluding hydrogens is 235 g/mol. The largest absolute Gasteiger partial charge is 0.435 e. The average molecular weight is 242 g/mol. The number of alkyl halides is 5. The van der Waals surface area contributed by atoms with Crippen LogP contribution in [0.1, 0.15) is 29.5 Å². The summed E-state index contributed by atoms with van der Waals surface area (Å²) in [6.45, 7) is 0. The molecule has 0 unspecified atom stereocenters. The second kappa shape index (κ2) is 3.16. The lowest BCUT2D eigenvalue weighted by Gasteiger charge is -2.27. The summed E-state index contributed by atoms with van der Waals surface area (Å²) in [7, 11) is 0. The van der Waals surface area contributed by atoms with Crippen molar-refractivity contribution in [1.82, 2.24) is 10.2 Å². The van der Waals surface area contributed by atoms with Crippen LogP contribution in [0.25, 0.3) is 0 Å². The van der Waals surface area contributed by atoms with Gasteiger partial charge >= 0.3 is 6.18 Å². The molecule has 16 heavy (non-hydrogen) atoms. The van der Waals surface area contributed by atoms with E-state index < -0.39 is 35.9 Å². The van der Waals surface area contributed by atoms with Crippen molar-refractivity contribution in [3.63, 3.8) is 0 Å². The summed E-state index contributed by atoms with van der Waals surface area (Å²) in [5.41, 5.74) is -2.37. The van der Waals surface area contributed by atoms with Gasteiger partial charge in [0, 0.05) is 17.7 Å². The van der Waals surface area contributed by atoms with Crippen LogP contribution in [0.5, 0.6) is 0 Å². The number of aliphatic hydroxyl groups is 1. The van der Waals surface area contributed by atoms with Gasteiger partial charge in [-0.3, -0.25) is 5.10 Å². The van der Waals surface area contributed by atoms with E-state index >= 15 is 0 Å². The molecule has 0 bridgehead atoms. The molecule has 2 N–H and O–H groups in total. The van der Waals surface area contributed by atoms with Crippen molar-refractivity contribution < 1.29 is 27.1 Å². The maximum atomic E-state index is 13.1. The van der Waals surface area contributed by atoms with Crippen LogP contribution in [-0.4, -0.2) is 21.2 Å². The minimum atomic E-state index is -4.85. The van der Waals surface area contributed by atoms with E-state index in [0.29, 0.717) is 0 Å². The van der Waals surface area contributed by atoms with Gasteiger partial charge < -0.3 is 5.11 Å². The van der Waals surface area contributed by atoms with Crippen LogP contribution in [0.2, 0.25) is 0 Å². The number of fused-ring (bicyclic) bond motifs is 1. The number of rotatable bonds is 0. The Balaban J connectivity index is 2.53. The standard InChI is InChI=1S/C8H7F5N2O/c9-7(10)2-1-3-4(6(7)16)5(15-14-3)8(11,12)13/h6,16H,1-2H2,(H,14,15)/t6-/m0/s1. The van der Waals surface area contributed by atoms with Gasteiger partial charge in [-0.2, -0.15) is 18.3 Å². The number of nitrogens with zero attached hydrogens (tertiary/aromatic N) is 1. The number of H-pyrrole nitrogens is 1. The Bertz CT molecular complexity index is 411. The van der Waals surface area contributed by atoms with Gasteiger partial charge in [-0.25, -0.2) is 8.78 Å². The summed E-state index contributed by atoms with van der Waals surface area (Å²) in [5.74, 6) is -3.54. The summed E-state index contributed by atoms with van der Waals surface area (Å²) < 4.78 is 63.3. The SMILES string of the molecule is O[C@H]1c2c(C(F)(F)F)n[nH]c2CCC1(F)F. The van der Waals surface area contributed by atoms with Crippen molar-refractivity contribution >= 4 is 0 Å². The highest BCUT2D eigenvalue weighted by atomic mass is 19.4. The van der Waals surface area contributed by atoms with Crippen LogP contribution in [-0.2, 0) is 12.6 Å². The van der Waals surface area contributed by atoms with Gasteiger partial charge in [0.1, 0.15) is 6.10 Å². The van der Waals surface area contributed by atoms with Gasteiger partial charge in [0.15, 0.2) is 5.69 Å². The summed E-state index contributed by atoms with van der Waals surface area (Å²) in [4.78, 5) is 0. The van der Waals surface area contributed by atoms with Gasteiger partial charge in [-0.1, -0.05) is 0 Å². The summed E-state index contributed by atoms with van der Waals surface area (Å²) >= 11 is 0. The molecule has 1 aromatic rings. The Kier molecular flexibility index (Phi) is 2.23. The number of aryl methyl sites for hydroxylation is 1. The molecule has 1 heterocycles. The fourth-order valence-electron chi connectivity index (χ4n) is 1.73. The summed E-state index contributed by atoms with van der Waals surface area (Å²) in [6.07, 6.45) is -8.26. The van der Waals surface area contributed by atoms with E-state index in [0.717, 1.165) is 0 Å². The monoisotopic (exact) mass is 242 g/mol. The highest BCUT2D eigenvalue weighted by molar-refractivity contribution is 5.33. The van der Waals surface area contributed by atoms with E-state index in [9.17, 15) is 27.1 Å². The number of aromatic nitrogens is 2. The number of hydrogen-bond donors (Lipinski definition) is 2. The van der Waals surface area contributed by atoms with E-state index in [1.165, 1.54) is 0 Å². The number of nitrogens with one attached hydrogen (secondary N) is 1. The Morgan fingerprint density at radius 1 is 1.38 bits per heavy atom. The molecule has 0 spiro atoms. The summed E-state index contributed by atoms with van der Waals surface area (Å²) in [6, 6.07) is 0. The zero-order chi connectivity index (χ0) is 12.1. The smallest absolute Gasteiger partial charge is 0.382 e. The number of halogens is 5. The van der Waals surface area contributed by atoms with E-state index in [-0.39, 0.29) is 12.1 Å². The highest BCUT2D eigenvalue weighted by Gasteiger charge is 2.50. The van der Waals surface area contributed by atoms with Crippen LogP contribution in [0.15, 0.2) is 0 Å². The van der Waals surface area contributed by atoms with Crippen LogP contribution < -0.4 is 0 Å². The molecule has 0 fully saturated rings. The predicted octanol–water partition coefficient (Wildman–Crippen LogP) is 2.04. The molecule has 0 saturated carbocycles. The summed E-state index contributed by atoms with van der Waals surface area (Å²) in [5, 5.41) is 14.2. The molecule has 3 nitrogen and oxygen atoms in total. The molecule has 0 amide bonds. The van der Waals surface area contributed by atoms with Gasteiger partial charge in [0.25, 0.3) is 5.92 Å². The molecule has 0 aromatic carbocycles. The molecule has 0 radical (unpaired) electrons. The zero-order valence-electron chi connectivity index (χ0n) is 7.78. The molecular formula is C8H7F5N2O. The number of hydrogen-bond acceptors (Lipinski definition) is 2. The minimum Gasteiger partial charge on any atom is -0.382 e. The maximum Gasteiger partial charge on any atom is 0.435 e. The minimum absolute atomic E-state index is 0.0780. The molecule has 2 rings (SSSR count). The Labute approximate surface area is 86.3 Å². The van der Waals surface area contributed by atoms with Gasteiger partial charge in [-0.05, 0) is 6.42 Å². The van der Waals surface area contributed by atoms with Gasteiger partial charge in [0.05, 0.1) is 0 Å². The zero-order valence-corrected chi connectivity index (χ0v) is 7.78. The first-order chi connectivity index (χ1) is 7.23. The first-order valence-electron chi connectivity index (χ1n) is 4.43. The molecule has 90 valence electrons. The van der Waals surface area contributed by atoms with E-state index in [2.05, 4.69) is 5.10 Å². The van der Waals surface area contributed by atoms with Gasteiger partial charge in [0.2, 0.25) is 0 Å². The first kappa shape index (κ1) is 11.3. The lowest BCUT2D eigenvalue weighted by atomic mass is 9.90. The molecule has 1 aliphatic carbocycles. The normalized spacial score (nSPS) is 24.2. The quantitative estimate of drug-likeness (QED) is 0.684. The van der Waals surface area contributed by atoms with E-state index in [4.69, 9.17) is 0 Å². The molecule has 1 aromatic heterocycles. The Morgan fingerprint density at radius 3 is 2.56 bits per heavy atom. The van der Waals surface area contributed by atoms with Crippen LogP contribution in [0.4, 0.5) is 22.0 Å². The van der Waals surface area contributed by atoms with E-state index in [1.807, 2.05) is 5.10 Å². The third-order valence-corrected chi connectivity index (χ3v) is 2.53. The molecule has 0 saturated heterocycles. The van der Waals surface area contributed by atoms with Gasteiger partial charge in [-0.15, -0.1) is 0 Å². The lowest BCUT2D eigenvalue weighted by molar-refractivity contribution is -0.150. The molecule has 1 atom stereocenters. The topological polar surface area (TPSA) is 48.9 Å². The van der Waals surface area contributed by atoms with Crippen molar-refractivity contribution in [2.45, 2.75) is 31.0 Å². The second-order valence-electron chi connectivity index (χ2n) is 3.63. The van der Waals surface area contributed by atoms with Crippen LogP contribution in [0.3, 0.4) is 0 Å². The second-order valence-corrected chi connectivity index (χ2v) is 3.63. The van der Waals surface area contributed by atoms with Crippen molar-refractivity contribution in [3.8, 4) is 0 Å². The number of aliphatic hydroxyl groups excluding tert-OH is 1. The third kappa shape index (κ3) is 1.57. The van der Waals surface area contributed by atoms with Crippen LogP contribution >= 0.6 is 0 Å². The predicted molar refractivity (Wildman–Crippen MR) is 41.8 cm³/mol. The van der Waals surface area contributed by atoms with Crippen LogP contribution in [0, 0.1) is 0 Å². The van der Waals surface area contributed by atoms with Crippen molar-refractivity contribution in [1.29, 1.82) is 0 Å². The molecule has 1 aliphatic rings. The maximum absolute atomic E-state index is 13.1. The Morgan fingerprint density at radius 2 is 2.00 bits per heavy atom. The molecule has 0 aliphatic heterocycles. The number of aromatic amines is 1. The fourth-order valence-corrected chi connectivity index (χ4v) is 1.73. The fraction of sp³-hybridized carbons (Fsp3) is 0.625. The first-order valence-corrected chi connectivity index (χ1v) is 4.43. The Hall–Kier alpha value is -1.18. The van der Waals surface area contributed by atoms with Crippen molar-refractivity contribution in [3.05, 3.63) is 17.0 Å². The highest BCUT2D eigenvalue weighted by Crippen LogP contribution is 2.45. The van der Waals surface area contributed by atoms with E-state index in [1.54, 1.807) is 0 Å². The average Bonchev–Trinajstić information content (AvgIpc) is 2.55. The third-order valence-electron chi connectivity index (χ3n) is 2.53. The van der Waals surface area contributed by atoms with Crippen molar-refractivity contribution in [2.24, 2.45) is 0 Å².